The minimum Gasteiger partial charge on any atom is -0.492 e. The number of ether oxygens (including phenoxy) is 1. The van der Waals surface area contributed by atoms with Gasteiger partial charge in [0, 0.05) is 12.1 Å². The fourth-order valence-corrected chi connectivity index (χ4v) is 3.26. The molecule has 0 saturated carbocycles. The zero-order chi connectivity index (χ0) is 18.5. The van der Waals surface area contributed by atoms with Crippen LogP contribution >= 0.6 is 11.6 Å². The predicted molar refractivity (Wildman–Crippen MR) is 99.8 cm³/mol. The Morgan fingerprint density at radius 2 is 2.19 bits per heavy atom. The number of piperidine rings is 1. The lowest BCUT2D eigenvalue weighted by molar-refractivity contribution is 0.0767. The van der Waals surface area contributed by atoms with Crippen molar-refractivity contribution in [1.82, 2.24) is 25.2 Å². The van der Waals surface area contributed by atoms with Crippen molar-refractivity contribution >= 4 is 17.5 Å². The summed E-state index contributed by atoms with van der Waals surface area (Å²) in [4.78, 5) is 14.3. The van der Waals surface area contributed by atoms with Gasteiger partial charge < -0.3 is 15.0 Å². The molecule has 1 N–H and O–H groups in total. The summed E-state index contributed by atoms with van der Waals surface area (Å²) < 4.78 is 7.54. The van der Waals surface area contributed by atoms with Gasteiger partial charge in [-0.05, 0) is 51.1 Å². The molecule has 0 spiro atoms. The van der Waals surface area contributed by atoms with Crippen molar-refractivity contribution in [3.63, 3.8) is 0 Å². The van der Waals surface area contributed by atoms with E-state index in [1.165, 1.54) is 0 Å². The number of likely N-dealkylation sites (N-methyl/N-ethyl adjacent to an activating group) is 1. The Morgan fingerprint density at radius 3 is 2.92 bits per heavy atom. The van der Waals surface area contributed by atoms with Crippen LogP contribution in [0.3, 0.4) is 0 Å². The first-order valence-corrected chi connectivity index (χ1v) is 9.20. The minimum absolute atomic E-state index is 0.141. The van der Waals surface area contributed by atoms with Crippen LogP contribution in [0.25, 0.3) is 0 Å². The van der Waals surface area contributed by atoms with E-state index in [2.05, 4.69) is 15.6 Å². The molecule has 0 unspecified atom stereocenters. The predicted octanol–water partition coefficient (Wildman–Crippen LogP) is 2.32. The molecule has 1 aliphatic heterocycles. The number of rotatable bonds is 6. The topological polar surface area (TPSA) is 72.3 Å². The molecule has 1 fully saturated rings. The summed E-state index contributed by atoms with van der Waals surface area (Å²) in [5.74, 6) is 0.545. The second-order valence-electron chi connectivity index (χ2n) is 6.48. The third-order valence-corrected chi connectivity index (χ3v) is 4.86. The Bertz CT molecular complexity index is 758. The maximum Gasteiger partial charge on any atom is 0.276 e. The van der Waals surface area contributed by atoms with Crippen molar-refractivity contribution in [2.75, 3.05) is 33.3 Å². The van der Waals surface area contributed by atoms with E-state index in [4.69, 9.17) is 16.3 Å². The molecule has 0 bridgehead atoms. The van der Waals surface area contributed by atoms with Crippen LogP contribution in [0, 0.1) is 6.92 Å². The highest BCUT2D eigenvalue weighted by molar-refractivity contribution is 6.30. The van der Waals surface area contributed by atoms with E-state index in [1.807, 2.05) is 23.7 Å². The van der Waals surface area contributed by atoms with Crippen molar-refractivity contribution < 1.29 is 9.53 Å². The Kier molecular flexibility index (Phi) is 6.11. The molecule has 8 heteroatoms. The van der Waals surface area contributed by atoms with E-state index in [-0.39, 0.29) is 5.91 Å². The Hall–Kier alpha value is -2.12. The smallest absolute Gasteiger partial charge is 0.276 e. The SMILES string of the molecule is Cc1c(C(=O)N(C)CCOc2cccc(Cl)c2)nnn1C1CCNCC1. The molecule has 0 aliphatic carbocycles. The quantitative estimate of drug-likeness (QED) is 0.836. The number of nitrogens with zero attached hydrogens (tertiary/aromatic N) is 4. The first-order valence-electron chi connectivity index (χ1n) is 8.82. The Balaban J connectivity index is 1.57. The number of nitrogens with one attached hydrogen (secondary N) is 1. The second kappa shape index (κ2) is 8.51. The number of benzene rings is 1. The van der Waals surface area contributed by atoms with Gasteiger partial charge in [0.25, 0.3) is 5.91 Å². The Labute approximate surface area is 158 Å². The molecule has 0 radical (unpaired) electrons. The first-order chi connectivity index (χ1) is 12.6. The fraction of sp³-hybridized carbons (Fsp3) is 0.500. The lowest BCUT2D eigenvalue weighted by atomic mass is 10.1. The highest BCUT2D eigenvalue weighted by Crippen LogP contribution is 2.21. The molecule has 2 heterocycles. The van der Waals surface area contributed by atoms with Crippen LogP contribution in [-0.2, 0) is 0 Å². The maximum absolute atomic E-state index is 12.7. The van der Waals surface area contributed by atoms with Gasteiger partial charge in [-0.2, -0.15) is 0 Å². The summed E-state index contributed by atoms with van der Waals surface area (Å²) in [5, 5.41) is 12.3. The van der Waals surface area contributed by atoms with Gasteiger partial charge in [0.2, 0.25) is 0 Å². The van der Waals surface area contributed by atoms with Crippen molar-refractivity contribution in [3.8, 4) is 5.75 Å². The van der Waals surface area contributed by atoms with Crippen LogP contribution in [0.4, 0.5) is 0 Å². The molecular weight excluding hydrogens is 354 g/mol. The summed E-state index contributed by atoms with van der Waals surface area (Å²) in [6, 6.07) is 7.51. The van der Waals surface area contributed by atoms with Crippen LogP contribution in [0.2, 0.25) is 5.02 Å². The van der Waals surface area contributed by atoms with E-state index in [9.17, 15) is 4.79 Å². The highest BCUT2D eigenvalue weighted by atomic mass is 35.5. The number of aromatic nitrogens is 3. The van der Waals surface area contributed by atoms with Crippen LogP contribution in [0.15, 0.2) is 24.3 Å². The minimum atomic E-state index is -0.141. The van der Waals surface area contributed by atoms with E-state index in [0.29, 0.717) is 35.7 Å². The molecular formula is C18H24ClN5O2. The molecule has 1 aromatic carbocycles. The van der Waals surface area contributed by atoms with Gasteiger partial charge in [-0.3, -0.25) is 4.79 Å². The number of hydrogen-bond acceptors (Lipinski definition) is 5. The van der Waals surface area contributed by atoms with Gasteiger partial charge in [-0.1, -0.05) is 22.9 Å². The largest absolute Gasteiger partial charge is 0.492 e. The molecule has 26 heavy (non-hydrogen) atoms. The van der Waals surface area contributed by atoms with Crippen LogP contribution in [0.1, 0.15) is 35.1 Å². The van der Waals surface area contributed by atoms with E-state index >= 15 is 0 Å². The zero-order valence-corrected chi connectivity index (χ0v) is 15.9. The van der Waals surface area contributed by atoms with Crippen LogP contribution in [-0.4, -0.2) is 59.1 Å². The molecule has 1 aromatic heterocycles. The highest BCUT2D eigenvalue weighted by Gasteiger charge is 2.24. The molecule has 1 aliphatic rings. The Morgan fingerprint density at radius 1 is 1.42 bits per heavy atom. The summed E-state index contributed by atoms with van der Waals surface area (Å²) in [5.41, 5.74) is 1.23. The molecule has 3 rings (SSSR count). The van der Waals surface area contributed by atoms with Gasteiger partial charge in [0.1, 0.15) is 12.4 Å². The summed E-state index contributed by atoms with van der Waals surface area (Å²) in [6.45, 7) is 4.67. The molecule has 1 saturated heterocycles. The number of carbonyl (C=O) groups is 1. The van der Waals surface area contributed by atoms with E-state index in [0.717, 1.165) is 31.6 Å². The van der Waals surface area contributed by atoms with Gasteiger partial charge in [0.05, 0.1) is 18.3 Å². The first kappa shape index (κ1) is 18.7. The van der Waals surface area contributed by atoms with Gasteiger partial charge >= 0.3 is 0 Å². The average molecular weight is 378 g/mol. The third kappa shape index (κ3) is 4.34. The van der Waals surface area contributed by atoms with Gasteiger partial charge in [-0.25, -0.2) is 4.68 Å². The fourth-order valence-electron chi connectivity index (χ4n) is 3.08. The second-order valence-corrected chi connectivity index (χ2v) is 6.92. The molecule has 2 aromatic rings. The average Bonchev–Trinajstić information content (AvgIpc) is 3.03. The molecule has 0 atom stereocenters. The molecule has 140 valence electrons. The van der Waals surface area contributed by atoms with E-state index in [1.54, 1.807) is 24.1 Å². The van der Waals surface area contributed by atoms with Crippen LogP contribution in [0.5, 0.6) is 5.75 Å². The van der Waals surface area contributed by atoms with Gasteiger partial charge in [0.15, 0.2) is 5.69 Å². The summed E-state index contributed by atoms with van der Waals surface area (Å²) >= 11 is 5.93. The van der Waals surface area contributed by atoms with Crippen molar-refractivity contribution in [1.29, 1.82) is 0 Å². The van der Waals surface area contributed by atoms with Gasteiger partial charge in [-0.15, -0.1) is 5.10 Å². The van der Waals surface area contributed by atoms with Crippen molar-refractivity contribution in [3.05, 3.63) is 40.7 Å². The third-order valence-electron chi connectivity index (χ3n) is 4.62. The summed E-state index contributed by atoms with van der Waals surface area (Å²) in [6.07, 6.45) is 2.00. The van der Waals surface area contributed by atoms with Crippen LogP contribution < -0.4 is 10.1 Å². The number of amides is 1. The van der Waals surface area contributed by atoms with Crippen molar-refractivity contribution in [2.45, 2.75) is 25.8 Å². The normalized spacial score (nSPS) is 15.0. The lowest BCUT2D eigenvalue weighted by Gasteiger charge is -2.23. The number of carbonyl (C=O) groups excluding carboxylic acids is 1. The maximum atomic E-state index is 12.7. The lowest BCUT2D eigenvalue weighted by Crippen LogP contribution is -2.32. The number of halogens is 1. The molecule has 7 nitrogen and oxygen atoms in total. The zero-order valence-electron chi connectivity index (χ0n) is 15.1. The summed E-state index contributed by atoms with van der Waals surface area (Å²) in [7, 11) is 1.74. The number of hydrogen-bond donors (Lipinski definition) is 1. The van der Waals surface area contributed by atoms with Crippen molar-refractivity contribution in [2.24, 2.45) is 0 Å². The standard InChI is InChI=1S/C18H24ClN5O2/c1-13-17(21-22-24(13)15-6-8-20-9-7-15)18(25)23(2)10-11-26-16-5-3-4-14(19)12-16/h3-5,12,15,20H,6-11H2,1-2H3. The monoisotopic (exact) mass is 377 g/mol. The molecule has 1 amide bonds. The van der Waals surface area contributed by atoms with E-state index < -0.39 is 0 Å².